The fourth-order valence-electron chi connectivity index (χ4n) is 1.66. The Morgan fingerprint density at radius 3 is 2.93 bits per heavy atom. The maximum atomic E-state index is 11.3. The van der Waals surface area contributed by atoms with Crippen molar-refractivity contribution in [3.63, 3.8) is 0 Å². The van der Waals surface area contributed by atoms with E-state index in [1.807, 2.05) is 11.9 Å². The molecule has 0 radical (unpaired) electrons. The van der Waals surface area contributed by atoms with Crippen molar-refractivity contribution in [2.24, 2.45) is 0 Å². The summed E-state index contributed by atoms with van der Waals surface area (Å²) in [6.07, 6.45) is 6.01. The van der Waals surface area contributed by atoms with Crippen LogP contribution in [0.5, 0.6) is 0 Å². The van der Waals surface area contributed by atoms with E-state index in [2.05, 4.69) is 11.2 Å². The van der Waals surface area contributed by atoms with Gasteiger partial charge in [0.05, 0.1) is 18.1 Å². The first-order valence-electron chi connectivity index (χ1n) is 5.09. The molecule has 0 bridgehead atoms. The number of rotatable bonds is 4. The molecule has 15 heavy (non-hydrogen) atoms. The lowest BCUT2D eigenvalue weighted by atomic mass is 10.2. The van der Waals surface area contributed by atoms with Crippen molar-refractivity contribution < 1.29 is 8.42 Å². The third kappa shape index (κ3) is 4.65. The zero-order valence-electron chi connectivity index (χ0n) is 9.07. The van der Waals surface area contributed by atoms with Gasteiger partial charge in [-0.05, 0) is 13.5 Å². The van der Waals surface area contributed by atoms with E-state index in [0.29, 0.717) is 13.1 Å². The Kier molecular flexibility index (Phi) is 4.58. The summed E-state index contributed by atoms with van der Waals surface area (Å²) in [5.41, 5.74) is 0. The molecule has 1 rings (SSSR count). The second kappa shape index (κ2) is 5.50. The molecule has 0 aromatic rings. The molecule has 4 nitrogen and oxygen atoms in total. The van der Waals surface area contributed by atoms with E-state index >= 15 is 0 Å². The zero-order chi connectivity index (χ0) is 11.3. The van der Waals surface area contributed by atoms with Gasteiger partial charge in [0.15, 0.2) is 9.84 Å². The highest BCUT2D eigenvalue weighted by Crippen LogP contribution is 2.05. The van der Waals surface area contributed by atoms with Crippen molar-refractivity contribution in [3.8, 4) is 12.3 Å². The van der Waals surface area contributed by atoms with Crippen LogP contribution in [-0.2, 0) is 9.84 Å². The van der Waals surface area contributed by atoms with Crippen LogP contribution in [0.2, 0.25) is 0 Å². The monoisotopic (exact) mass is 230 g/mol. The molecule has 1 fully saturated rings. The number of nitrogens with one attached hydrogen (secondary N) is 1. The number of sulfone groups is 1. The summed E-state index contributed by atoms with van der Waals surface area (Å²) >= 11 is 0. The van der Waals surface area contributed by atoms with Crippen LogP contribution < -0.4 is 5.32 Å². The second-order valence-electron chi connectivity index (χ2n) is 4.00. The minimum atomic E-state index is -2.81. The highest BCUT2D eigenvalue weighted by Gasteiger charge is 2.23. The van der Waals surface area contributed by atoms with E-state index in [0.717, 1.165) is 13.0 Å². The molecule has 1 aliphatic rings. The van der Waals surface area contributed by atoms with Crippen molar-refractivity contribution in [1.82, 2.24) is 10.2 Å². The van der Waals surface area contributed by atoms with Gasteiger partial charge in [0.1, 0.15) is 0 Å². The topological polar surface area (TPSA) is 49.4 Å². The van der Waals surface area contributed by atoms with Crippen LogP contribution in [0.3, 0.4) is 0 Å². The van der Waals surface area contributed by atoms with Crippen molar-refractivity contribution in [2.75, 3.05) is 38.2 Å². The van der Waals surface area contributed by atoms with Crippen molar-refractivity contribution in [2.45, 2.75) is 12.5 Å². The summed E-state index contributed by atoms with van der Waals surface area (Å²) in [6, 6.07) is 0.0870. The molecule has 1 atom stereocenters. The average molecular weight is 230 g/mol. The molecule has 1 heterocycles. The minimum Gasteiger partial charge on any atom is -0.312 e. The van der Waals surface area contributed by atoms with E-state index in [1.165, 1.54) is 0 Å². The van der Waals surface area contributed by atoms with Crippen LogP contribution in [0.4, 0.5) is 0 Å². The van der Waals surface area contributed by atoms with Gasteiger partial charge in [-0.1, -0.05) is 5.92 Å². The van der Waals surface area contributed by atoms with Crippen LogP contribution in [-0.4, -0.2) is 57.5 Å². The molecule has 0 saturated carbocycles. The van der Waals surface area contributed by atoms with Crippen molar-refractivity contribution in [3.05, 3.63) is 0 Å². The molecule has 1 N–H and O–H groups in total. The maximum Gasteiger partial charge on any atom is 0.153 e. The predicted octanol–water partition coefficient (Wildman–Crippen LogP) is -0.672. The third-order valence-corrected chi connectivity index (χ3v) is 4.26. The zero-order valence-corrected chi connectivity index (χ0v) is 9.89. The van der Waals surface area contributed by atoms with Crippen LogP contribution in [0.25, 0.3) is 0 Å². The molecule has 1 unspecified atom stereocenters. The summed E-state index contributed by atoms with van der Waals surface area (Å²) in [5, 5.41) is 3.21. The molecule has 1 saturated heterocycles. The lowest BCUT2D eigenvalue weighted by Gasteiger charge is -2.25. The van der Waals surface area contributed by atoms with Gasteiger partial charge in [0.2, 0.25) is 0 Å². The Morgan fingerprint density at radius 1 is 1.60 bits per heavy atom. The third-order valence-electron chi connectivity index (χ3n) is 2.52. The van der Waals surface area contributed by atoms with Crippen molar-refractivity contribution >= 4 is 9.84 Å². The van der Waals surface area contributed by atoms with E-state index in [1.54, 1.807) is 0 Å². The first kappa shape index (κ1) is 12.5. The summed E-state index contributed by atoms with van der Waals surface area (Å²) in [4.78, 5) is 2.02. The minimum absolute atomic E-state index is 0.0870. The Bertz CT molecular complexity index is 332. The van der Waals surface area contributed by atoms with Gasteiger partial charge in [-0.2, -0.15) is 0 Å². The lowest BCUT2D eigenvalue weighted by Crippen LogP contribution is -2.46. The lowest BCUT2D eigenvalue weighted by molar-refractivity contribution is 0.342. The van der Waals surface area contributed by atoms with Gasteiger partial charge in [-0.3, -0.25) is 4.90 Å². The fraction of sp³-hybridized carbons (Fsp3) is 0.800. The molecular formula is C10H18N2O2S. The Balaban J connectivity index is 2.31. The first-order chi connectivity index (χ1) is 7.03. The maximum absolute atomic E-state index is 11.3. The van der Waals surface area contributed by atoms with Gasteiger partial charge in [0, 0.05) is 19.1 Å². The SMILES string of the molecule is C#CCN(C)CCC1CS(=O)(=O)CCN1. The molecule has 5 heteroatoms. The quantitative estimate of drug-likeness (QED) is 0.651. The molecule has 86 valence electrons. The molecule has 0 aromatic carbocycles. The van der Waals surface area contributed by atoms with Crippen molar-refractivity contribution in [1.29, 1.82) is 0 Å². The highest BCUT2D eigenvalue weighted by atomic mass is 32.2. The fourth-order valence-corrected chi connectivity index (χ4v) is 3.16. The highest BCUT2D eigenvalue weighted by molar-refractivity contribution is 7.91. The number of hydrogen-bond acceptors (Lipinski definition) is 4. The van der Waals surface area contributed by atoms with Gasteiger partial charge in [-0.15, -0.1) is 6.42 Å². The number of terminal acetylenes is 1. The van der Waals surface area contributed by atoms with Crippen LogP contribution >= 0.6 is 0 Å². The largest absolute Gasteiger partial charge is 0.312 e. The van der Waals surface area contributed by atoms with E-state index in [4.69, 9.17) is 6.42 Å². The molecule has 0 aliphatic carbocycles. The Hall–Kier alpha value is -0.570. The van der Waals surface area contributed by atoms with Gasteiger partial charge in [-0.25, -0.2) is 8.42 Å². The summed E-state index contributed by atoms with van der Waals surface area (Å²) < 4.78 is 22.7. The summed E-state index contributed by atoms with van der Waals surface area (Å²) in [7, 11) is -0.872. The number of hydrogen-bond donors (Lipinski definition) is 1. The van der Waals surface area contributed by atoms with Crippen LogP contribution in [0.1, 0.15) is 6.42 Å². The second-order valence-corrected chi connectivity index (χ2v) is 6.22. The molecule has 0 spiro atoms. The molecule has 0 aromatic heterocycles. The predicted molar refractivity (Wildman–Crippen MR) is 61.4 cm³/mol. The van der Waals surface area contributed by atoms with E-state index in [9.17, 15) is 8.42 Å². The van der Waals surface area contributed by atoms with Crippen LogP contribution in [0.15, 0.2) is 0 Å². The van der Waals surface area contributed by atoms with E-state index < -0.39 is 9.84 Å². The van der Waals surface area contributed by atoms with E-state index in [-0.39, 0.29) is 17.5 Å². The standard InChI is InChI=1S/C10H18N2O2S/c1-3-6-12(2)7-4-10-9-15(13,14)8-5-11-10/h1,10-11H,4-9H2,2H3. The number of nitrogens with zero attached hydrogens (tertiary/aromatic N) is 1. The Morgan fingerprint density at radius 2 is 2.33 bits per heavy atom. The van der Waals surface area contributed by atoms with Gasteiger partial charge < -0.3 is 5.32 Å². The molecular weight excluding hydrogens is 212 g/mol. The summed E-state index contributed by atoms with van der Waals surface area (Å²) in [5.74, 6) is 3.09. The van der Waals surface area contributed by atoms with Gasteiger partial charge in [0.25, 0.3) is 0 Å². The molecule has 1 aliphatic heterocycles. The van der Waals surface area contributed by atoms with Gasteiger partial charge >= 0.3 is 0 Å². The van der Waals surface area contributed by atoms with Crippen LogP contribution in [0, 0.1) is 12.3 Å². The first-order valence-corrected chi connectivity index (χ1v) is 6.91. The Labute approximate surface area is 92.0 Å². The normalized spacial score (nSPS) is 25.0. The average Bonchev–Trinajstić information content (AvgIpc) is 2.14. The molecule has 0 amide bonds. The summed E-state index contributed by atoms with van der Waals surface area (Å²) in [6.45, 7) is 2.02. The smallest absolute Gasteiger partial charge is 0.153 e.